The number of piperazine rings is 1. The number of amides is 2. The lowest BCUT2D eigenvalue weighted by molar-refractivity contribution is -0.132. The Balaban J connectivity index is 2.14. The summed E-state index contributed by atoms with van der Waals surface area (Å²) < 4.78 is 0. The van der Waals surface area contributed by atoms with E-state index < -0.39 is 0 Å². The Bertz CT molecular complexity index is 569. The topological polar surface area (TPSA) is 43.9 Å². The van der Waals surface area contributed by atoms with Crippen molar-refractivity contribution in [3.8, 4) is 0 Å². The van der Waals surface area contributed by atoms with Gasteiger partial charge in [-0.15, -0.1) is 0 Å². The first-order valence-corrected chi connectivity index (χ1v) is 7.77. The van der Waals surface area contributed by atoms with Gasteiger partial charge >= 0.3 is 0 Å². The smallest absolute Gasteiger partial charge is 0.242 e. The van der Waals surface area contributed by atoms with Gasteiger partial charge in [-0.1, -0.05) is 17.7 Å². The highest BCUT2D eigenvalue weighted by molar-refractivity contribution is 6.31. The number of carbonyl (C=O) groups is 2. The van der Waals surface area contributed by atoms with Crippen LogP contribution in [0.25, 0.3) is 0 Å². The van der Waals surface area contributed by atoms with Crippen LogP contribution in [0.1, 0.15) is 12.5 Å². The number of hydrogen-bond donors (Lipinski definition) is 0. The van der Waals surface area contributed by atoms with Crippen molar-refractivity contribution in [1.29, 1.82) is 0 Å². The van der Waals surface area contributed by atoms with E-state index in [0.717, 1.165) is 18.7 Å². The second kappa shape index (κ2) is 7.11. The average molecular weight is 324 g/mol. The summed E-state index contributed by atoms with van der Waals surface area (Å²) in [6.07, 6.45) is 0. The Labute approximate surface area is 136 Å². The van der Waals surface area contributed by atoms with Crippen LogP contribution in [0.2, 0.25) is 5.02 Å². The van der Waals surface area contributed by atoms with E-state index in [2.05, 4.69) is 4.90 Å². The van der Waals surface area contributed by atoms with Crippen molar-refractivity contribution in [2.45, 2.75) is 13.8 Å². The van der Waals surface area contributed by atoms with Gasteiger partial charge < -0.3 is 14.7 Å². The molecule has 1 aliphatic rings. The summed E-state index contributed by atoms with van der Waals surface area (Å²) in [7, 11) is 2.04. The number of likely N-dealkylation sites (N-methyl/N-ethyl adjacent to an activating group) is 1. The van der Waals surface area contributed by atoms with Crippen LogP contribution in [0.15, 0.2) is 18.2 Å². The molecule has 1 fully saturated rings. The number of benzene rings is 1. The molecule has 1 heterocycles. The Kier molecular flexibility index (Phi) is 5.42. The first kappa shape index (κ1) is 16.8. The normalized spacial score (nSPS) is 15.7. The van der Waals surface area contributed by atoms with Crippen molar-refractivity contribution < 1.29 is 9.59 Å². The van der Waals surface area contributed by atoms with Crippen LogP contribution < -0.4 is 4.90 Å². The first-order chi connectivity index (χ1) is 10.4. The lowest BCUT2D eigenvalue weighted by atomic mass is 10.1. The number of carbonyl (C=O) groups excluding carboxylic acids is 2. The Morgan fingerprint density at radius 2 is 1.86 bits per heavy atom. The molecule has 1 aromatic carbocycles. The van der Waals surface area contributed by atoms with E-state index in [4.69, 9.17) is 11.6 Å². The minimum Gasteiger partial charge on any atom is -0.339 e. The molecule has 0 aromatic heterocycles. The fraction of sp³-hybridized carbons (Fsp3) is 0.500. The van der Waals surface area contributed by atoms with Crippen LogP contribution in [0.5, 0.6) is 0 Å². The molecule has 0 radical (unpaired) electrons. The van der Waals surface area contributed by atoms with E-state index >= 15 is 0 Å². The maximum atomic E-state index is 12.5. The summed E-state index contributed by atoms with van der Waals surface area (Å²) in [4.78, 5) is 30.0. The molecular formula is C16H22ClN3O2. The van der Waals surface area contributed by atoms with Gasteiger partial charge in [0.15, 0.2) is 0 Å². The maximum absolute atomic E-state index is 12.5. The summed E-state index contributed by atoms with van der Waals surface area (Å²) in [5.41, 5.74) is 1.51. The number of hydrogen-bond acceptors (Lipinski definition) is 3. The maximum Gasteiger partial charge on any atom is 0.242 e. The summed E-state index contributed by atoms with van der Waals surface area (Å²) >= 11 is 6.13. The molecule has 2 amide bonds. The van der Waals surface area contributed by atoms with Crippen LogP contribution in [0, 0.1) is 6.92 Å². The second-order valence-electron chi connectivity index (χ2n) is 5.67. The monoisotopic (exact) mass is 323 g/mol. The molecule has 22 heavy (non-hydrogen) atoms. The van der Waals surface area contributed by atoms with Crippen LogP contribution in [0.3, 0.4) is 0 Å². The number of nitrogens with zero attached hydrogens (tertiary/aromatic N) is 3. The van der Waals surface area contributed by atoms with E-state index in [1.807, 2.05) is 24.9 Å². The first-order valence-electron chi connectivity index (χ1n) is 7.39. The molecule has 0 aliphatic carbocycles. The summed E-state index contributed by atoms with van der Waals surface area (Å²) in [5.74, 6) is -0.185. The molecule has 0 bridgehead atoms. The van der Waals surface area contributed by atoms with Crippen molar-refractivity contribution in [3.63, 3.8) is 0 Å². The molecule has 0 atom stereocenters. The Morgan fingerprint density at radius 3 is 2.45 bits per heavy atom. The van der Waals surface area contributed by atoms with Gasteiger partial charge in [0.05, 0.1) is 0 Å². The van der Waals surface area contributed by atoms with Gasteiger partial charge in [-0.05, 0) is 31.7 Å². The largest absolute Gasteiger partial charge is 0.339 e. The quantitative estimate of drug-likeness (QED) is 0.851. The molecule has 120 valence electrons. The van der Waals surface area contributed by atoms with Gasteiger partial charge in [-0.2, -0.15) is 0 Å². The van der Waals surface area contributed by atoms with E-state index in [1.165, 1.54) is 11.8 Å². The van der Waals surface area contributed by atoms with Crippen LogP contribution >= 0.6 is 11.6 Å². The number of anilines is 1. The van der Waals surface area contributed by atoms with Crippen molar-refractivity contribution in [2.24, 2.45) is 0 Å². The molecule has 1 aliphatic heterocycles. The Hall–Kier alpha value is -1.59. The standard InChI is InChI=1S/C16H22ClN3O2/c1-12-14(17)5-4-6-15(12)20(13(2)21)11-16(22)19-9-7-18(3)8-10-19/h4-6H,7-11H2,1-3H3. The summed E-state index contributed by atoms with van der Waals surface area (Å²) in [6, 6.07) is 5.39. The molecule has 5 nitrogen and oxygen atoms in total. The second-order valence-corrected chi connectivity index (χ2v) is 6.08. The predicted molar refractivity (Wildman–Crippen MR) is 88.3 cm³/mol. The van der Waals surface area contributed by atoms with Crippen molar-refractivity contribution in [1.82, 2.24) is 9.80 Å². The van der Waals surface area contributed by atoms with E-state index in [1.54, 1.807) is 12.1 Å². The van der Waals surface area contributed by atoms with Gasteiger partial charge in [-0.3, -0.25) is 9.59 Å². The molecule has 0 saturated carbocycles. The van der Waals surface area contributed by atoms with Crippen LogP contribution in [-0.2, 0) is 9.59 Å². The Morgan fingerprint density at radius 1 is 1.23 bits per heavy atom. The summed E-state index contributed by atoms with van der Waals surface area (Å²) in [5, 5.41) is 0.593. The third-order valence-corrected chi connectivity index (χ3v) is 4.47. The molecule has 0 unspecified atom stereocenters. The van der Waals surface area contributed by atoms with Gasteiger partial charge in [0, 0.05) is 43.8 Å². The highest BCUT2D eigenvalue weighted by Crippen LogP contribution is 2.26. The number of rotatable bonds is 3. The fourth-order valence-corrected chi connectivity index (χ4v) is 2.72. The molecule has 0 spiro atoms. The summed E-state index contributed by atoms with van der Waals surface area (Å²) in [6.45, 7) is 6.51. The fourth-order valence-electron chi connectivity index (χ4n) is 2.55. The van der Waals surface area contributed by atoms with Gasteiger partial charge in [0.25, 0.3) is 0 Å². The van der Waals surface area contributed by atoms with Crippen molar-refractivity contribution in [3.05, 3.63) is 28.8 Å². The van der Waals surface area contributed by atoms with Crippen LogP contribution in [0.4, 0.5) is 5.69 Å². The van der Waals surface area contributed by atoms with Crippen molar-refractivity contribution >= 4 is 29.1 Å². The van der Waals surface area contributed by atoms with E-state index in [0.29, 0.717) is 23.8 Å². The third-order valence-electron chi connectivity index (χ3n) is 4.06. The SMILES string of the molecule is CC(=O)N(CC(=O)N1CCN(C)CC1)c1cccc(Cl)c1C. The molecule has 1 aromatic rings. The molecular weight excluding hydrogens is 302 g/mol. The van der Waals surface area contributed by atoms with Crippen LogP contribution in [-0.4, -0.2) is 61.4 Å². The minimum atomic E-state index is -0.159. The molecule has 6 heteroatoms. The third kappa shape index (κ3) is 3.78. The van der Waals surface area contributed by atoms with E-state index in [9.17, 15) is 9.59 Å². The van der Waals surface area contributed by atoms with Crippen molar-refractivity contribution in [2.75, 3.05) is 44.7 Å². The lowest BCUT2D eigenvalue weighted by Gasteiger charge is -2.34. The van der Waals surface area contributed by atoms with E-state index in [-0.39, 0.29) is 18.4 Å². The number of halogens is 1. The zero-order chi connectivity index (χ0) is 16.3. The highest BCUT2D eigenvalue weighted by Gasteiger charge is 2.24. The highest BCUT2D eigenvalue weighted by atomic mass is 35.5. The molecule has 2 rings (SSSR count). The average Bonchev–Trinajstić information content (AvgIpc) is 2.48. The zero-order valence-corrected chi connectivity index (χ0v) is 14.1. The zero-order valence-electron chi connectivity index (χ0n) is 13.3. The lowest BCUT2D eigenvalue weighted by Crippen LogP contribution is -2.50. The van der Waals surface area contributed by atoms with Gasteiger partial charge in [0.2, 0.25) is 11.8 Å². The van der Waals surface area contributed by atoms with Gasteiger partial charge in [0.1, 0.15) is 6.54 Å². The molecule has 0 N–H and O–H groups in total. The molecule has 1 saturated heterocycles. The van der Waals surface area contributed by atoms with Gasteiger partial charge in [-0.25, -0.2) is 0 Å². The predicted octanol–water partition coefficient (Wildman–Crippen LogP) is 1.78. The minimum absolute atomic E-state index is 0.0253.